The first-order valence-electron chi connectivity index (χ1n) is 6.59. The molecule has 0 spiro atoms. The fourth-order valence-electron chi connectivity index (χ4n) is 1.99. The summed E-state index contributed by atoms with van der Waals surface area (Å²) in [5.74, 6) is 0.963. The summed E-state index contributed by atoms with van der Waals surface area (Å²) in [4.78, 5) is 0. The Morgan fingerprint density at radius 2 is 2.22 bits per heavy atom. The molecule has 4 nitrogen and oxygen atoms in total. The zero-order chi connectivity index (χ0) is 13.0. The summed E-state index contributed by atoms with van der Waals surface area (Å²) in [5, 5.41) is 7.95. The second-order valence-electron chi connectivity index (χ2n) is 4.71. The predicted molar refractivity (Wildman–Crippen MR) is 74.6 cm³/mol. The molecular formula is C14H22N4. The number of hydrogen-bond donors (Lipinski definition) is 1. The lowest BCUT2D eigenvalue weighted by Gasteiger charge is -2.04. The summed E-state index contributed by atoms with van der Waals surface area (Å²) >= 11 is 0. The zero-order valence-corrected chi connectivity index (χ0v) is 11.5. The Labute approximate surface area is 109 Å². The summed E-state index contributed by atoms with van der Waals surface area (Å²) in [6, 6.07) is 6.29. The number of aromatic nitrogens is 3. The van der Waals surface area contributed by atoms with E-state index in [0.717, 1.165) is 18.9 Å². The molecule has 0 atom stereocenters. The van der Waals surface area contributed by atoms with E-state index in [0.29, 0.717) is 0 Å². The van der Waals surface area contributed by atoms with Crippen molar-refractivity contribution in [3.63, 3.8) is 0 Å². The SMILES string of the molecule is CCCCn1nc(NCc2cccn2C)cc1C. The van der Waals surface area contributed by atoms with Crippen LogP contribution >= 0.6 is 0 Å². The molecule has 0 radical (unpaired) electrons. The molecule has 2 heterocycles. The van der Waals surface area contributed by atoms with E-state index in [-0.39, 0.29) is 0 Å². The first kappa shape index (κ1) is 12.7. The van der Waals surface area contributed by atoms with Crippen molar-refractivity contribution in [2.45, 2.75) is 39.8 Å². The average molecular weight is 246 g/mol. The summed E-state index contributed by atoms with van der Waals surface area (Å²) in [6.45, 7) is 6.13. The summed E-state index contributed by atoms with van der Waals surface area (Å²) < 4.78 is 4.20. The van der Waals surface area contributed by atoms with Gasteiger partial charge in [-0.2, -0.15) is 5.10 Å². The minimum absolute atomic E-state index is 0.813. The second kappa shape index (κ2) is 5.76. The molecule has 0 aliphatic rings. The minimum atomic E-state index is 0.813. The number of hydrogen-bond acceptors (Lipinski definition) is 2. The largest absolute Gasteiger partial charge is 0.363 e. The van der Waals surface area contributed by atoms with Gasteiger partial charge < -0.3 is 9.88 Å². The second-order valence-corrected chi connectivity index (χ2v) is 4.71. The van der Waals surface area contributed by atoms with Gasteiger partial charge in [0.1, 0.15) is 5.82 Å². The van der Waals surface area contributed by atoms with E-state index in [1.807, 2.05) is 0 Å². The first-order chi connectivity index (χ1) is 8.70. The van der Waals surface area contributed by atoms with Gasteiger partial charge in [-0.1, -0.05) is 13.3 Å². The Hall–Kier alpha value is -1.71. The van der Waals surface area contributed by atoms with Crippen LogP contribution in [-0.2, 0) is 20.1 Å². The van der Waals surface area contributed by atoms with Gasteiger partial charge in [0.2, 0.25) is 0 Å². The molecule has 0 saturated carbocycles. The van der Waals surface area contributed by atoms with Crippen LogP contribution in [0.25, 0.3) is 0 Å². The lowest BCUT2D eigenvalue weighted by Crippen LogP contribution is -2.06. The highest BCUT2D eigenvalue weighted by atomic mass is 15.3. The van der Waals surface area contributed by atoms with Crippen LogP contribution in [0, 0.1) is 6.92 Å². The van der Waals surface area contributed by atoms with Gasteiger partial charge >= 0.3 is 0 Å². The van der Waals surface area contributed by atoms with Crippen molar-refractivity contribution in [3.8, 4) is 0 Å². The van der Waals surface area contributed by atoms with E-state index in [2.05, 4.69) is 65.0 Å². The number of nitrogens with zero attached hydrogens (tertiary/aromatic N) is 3. The van der Waals surface area contributed by atoms with Crippen LogP contribution in [0.2, 0.25) is 0 Å². The maximum absolute atomic E-state index is 4.57. The van der Waals surface area contributed by atoms with Gasteiger partial charge in [0.05, 0.1) is 6.54 Å². The third-order valence-corrected chi connectivity index (χ3v) is 3.21. The van der Waals surface area contributed by atoms with E-state index in [4.69, 9.17) is 0 Å². The number of aryl methyl sites for hydroxylation is 3. The summed E-state index contributed by atoms with van der Waals surface area (Å²) in [5.41, 5.74) is 2.48. The highest BCUT2D eigenvalue weighted by molar-refractivity contribution is 5.36. The Morgan fingerprint density at radius 3 is 2.89 bits per heavy atom. The maximum atomic E-state index is 4.57. The molecule has 98 valence electrons. The third-order valence-electron chi connectivity index (χ3n) is 3.21. The number of nitrogens with one attached hydrogen (secondary N) is 1. The maximum Gasteiger partial charge on any atom is 0.148 e. The minimum Gasteiger partial charge on any atom is -0.363 e. The first-order valence-corrected chi connectivity index (χ1v) is 6.59. The van der Waals surface area contributed by atoms with Crippen molar-refractivity contribution < 1.29 is 0 Å². The van der Waals surface area contributed by atoms with E-state index in [9.17, 15) is 0 Å². The fraction of sp³-hybridized carbons (Fsp3) is 0.500. The molecular weight excluding hydrogens is 224 g/mol. The molecule has 2 rings (SSSR count). The smallest absolute Gasteiger partial charge is 0.148 e. The van der Waals surface area contributed by atoms with Crippen molar-refractivity contribution >= 4 is 5.82 Å². The quantitative estimate of drug-likeness (QED) is 0.850. The predicted octanol–water partition coefficient (Wildman–Crippen LogP) is 2.94. The van der Waals surface area contributed by atoms with Crippen molar-refractivity contribution in [1.82, 2.24) is 14.3 Å². The van der Waals surface area contributed by atoms with E-state index < -0.39 is 0 Å². The van der Waals surface area contributed by atoms with Crippen LogP contribution in [0.4, 0.5) is 5.82 Å². The normalized spacial score (nSPS) is 10.8. The van der Waals surface area contributed by atoms with Gasteiger partial charge in [0, 0.05) is 37.2 Å². The summed E-state index contributed by atoms with van der Waals surface area (Å²) in [7, 11) is 2.06. The number of rotatable bonds is 6. The molecule has 0 fully saturated rings. The van der Waals surface area contributed by atoms with E-state index >= 15 is 0 Å². The molecule has 0 saturated heterocycles. The monoisotopic (exact) mass is 246 g/mol. The summed E-state index contributed by atoms with van der Waals surface area (Å²) in [6.07, 6.45) is 4.44. The molecule has 0 aromatic carbocycles. The third kappa shape index (κ3) is 2.94. The zero-order valence-electron chi connectivity index (χ0n) is 11.5. The Bertz CT molecular complexity index is 496. The molecule has 0 bridgehead atoms. The molecule has 18 heavy (non-hydrogen) atoms. The van der Waals surface area contributed by atoms with Gasteiger partial charge in [-0.05, 0) is 25.5 Å². The van der Waals surface area contributed by atoms with Crippen molar-refractivity contribution in [3.05, 3.63) is 35.8 Å². The molecule has 2 aromatic heterocycles. The van der Waals surface area contributed by atoms with Crippen LogP contribution in [0.1, 0.15) is 31.2 Å². The van der Waals surface area contributed by atoms with Crippen molar-refractivity contribution in [2.75, 3.05) is 5.32 Å². The molecule has 0 aliphatic carbocycles. The van der Waals surface area contributed by atoms with Gasteiger partial charge in [-0.25, -0.2) is 0 Å². The Balaban J connectivity index is 1.95. The highest BCUT2D eigenvalue weighted by Crippen LogP contribution is 2.11. The van der Waals surface area contributed by atoms with Crippen molar-refractivity contribution in [2.24, 2.45) is 7.05 Å². The lowest BCUT2D eigenvalue weighted by atomic mass is 10.3. The van der Waals surface area contributed by atoms with E-state index in [1.165, 1.54) is 24.2 Å². The van der Waals surface area contributed by atoms with Crippen molar-refractivity contribution in [1.29, 1.82) is 0 Å². The standard InChI is InChI=1S/C14H22N4/c1-4-5-9-18-12(2)10-14(16-18)15-11-13-7-6-8-17(13)3/h6-8,10H,4-5,9,11H2,1-3H3,(H,15,16). The molecule has 0 amide bonds. The van der Waals surface area contributed by atoms with Crippen LogP contribution in [0.15, 0.2) is 24.4 Å². The van der Waals surface area contributed by atoms with Crippen LogP contribution in [-0.4, -0.2) is 14.3 Å². The Kier molecular flexibility index (Phi) is 4.07. The fourth-order valence-corrected chi connectivity index (χ4v) is 1.99. The van der Waals surface area contributed by atoms with Gasteiger partial charge in [-0.3, -0.25) is 4.68 Å². The lowest BCUT2D eigenvalue weighted by molar-refractivity contribution is 0.560. The molecule has 2 aromatic rings. The van der Waals surface area contributed by atoms with Gasteiger partial charge in [0.15, 0.2) is 0 Å². The molecule has 0 aliphatic heterocycles. The van der Waals surface area contributed by atoms with E-state index in [1.54, 1.807) is 0 Å². The number of unbranched alkanes of at least 4 members (excludes halogenated alkanes) is 1. The number of anilines is 1. The Morgan fingerprint density at radius 1 is 1.39 bits per heavy atom. The van der Waals surface area contributed by atoms with Crippen LogP contribution < -0.4 is 5.32 Å². The highest BCUT2D eigenvalue weighted by Gasteiger charge is 2.04. The molecule has 0 unspecified atom stereocenters. The van der Waals surface area contributed by atoms with Crippen LogP contribution in [0.3, 0.4) is 0 Å². The average Bonchev–Trinajstić information content (AvgIpc) is 2.91. The van der Waals surface area contributed by atoms with Crippen LogP contribution in [0.5, 0.6) is 0 Å². The molecule has 4 heteroatoms. The topological polar surface area (TPSA) is 34.8 Å². The van der Waals surface area contributed by atoms with Gasteiger partial charge in [0.25, 0.3) is 0 Å². The molecule has 1 N–H and O–H groups in total. The van der Waals surface area contributed by atoms with Gasteiger partial charge in [-0.15, -0.1) is 0 Å².